The largest absolute Gasteiger partial charge is 0.280 e. The zero-order valence-electron chi connectivity index (χ0n) is 15.2. The minimum Gasteiger partial charge on any atom is -0.280 e. The zero-order chi connectivity index (χ0) is 21.5. The highest BCUT2D eigenvalue weighted by Crippen LogP contribution is 2.30. The van der Waals surface area contributed by atoms with Crippen molar-refractivity contribution in [3.8, 4) is 0 Å². The second-order valence-corrected chi connectivity index (χ2v) is 9.04. The van der Waals surface area contributed by atoms with Crippen molar-refractivity contribution in [1.29, 1.82) is 0 Å². The number of aromatic amines is 1. The number of nitrogens with zero attached hydrogens (tertiary/aromatic N) is 1. The van der Waals surface area contributed by atoms with Crippen LogP contribution in [0.3, 0.4) is 0 Å². The van der Waals surface area contributed by atoms with E-state index in [9.17, 15) is 17.6 Å². The van der Waals surface area contributed by atoms with Crippen molar-refractivity contribution in [2.75, 3.05) is 4.72 Å². The first kappa shape index (κ1) is 20.5. The smallest absolute Gasteiger partial charge is 0.272 e. The fraction of sp³-hybridized carbons (Fsp3) is 0.0500. The summed E-state index contributed by atoms with van der Waals surface area (Å²) < 4.78 is 43.1. The quantitative estimate of drug-likeness (QED) is 0.450. The fourth-order valence-corrected chi connectivity index (χ4v) is 4.74. The van der Waals surface area contributed by atoms with Crippen LogP contribution in [0.1, 0.15) is 5.56 Å². The van der Waals surface area contributed by atoms with Crippen LogP contribution >= 0.6 is 23.2 Å². The van der Waals surface area contributed by atoms with E-state index < -0.39 is 26.3 Å². The van der Waals surface area contributed by atoms with Gasteiger partial charge in [0.05, 0.1) is 28.2 Å². The number of anilines is 1. The Hall–Kier alpha value is -2.81. The molecule has 0 radical (unpaired) electrons. The van der Waals surface area contributed by atoms with Crippen LogP contribution in [0.25, 0.3) is 10.9 Å². The molecule has 0 amide bonds. The number of halogens is 3. The standard InChI is InChI=1S/C20H14Cl2FN3O3S/c21-13-6-7-16(23)19(8-13)30(28,29)25-17-9-14-18(10-15(17)22)26(24-20(14)27)11-12-4-2-1-3-5-12/h1-10,25H,11H2,(H,24,27). The van der Waals surface area contributed by atoms with Gasteiger partial charge in [-0.25, -0.2) is 12.8 Å². The number of benzene rings is 3. The van der Waals surface area contributed by atoms with E-state index >= 15 is 0 Å². The zero-order valence-corrected chi connectivity index (χ0v) is 17.5. The van der Waals surface area contributed by atoms with Crippen molar-refractivity contribution in [2.45, 2.75) is 11.4 Å². The van der Waals surface area contributed by atoms with Crippen LogP contribution in [0.15, 0.2) is 70.4 Å². The summed E-state index contributed by atoms with van der Waals surface area (Å²) >= 11 is 12.1. The summed E-state index contributed by atoms with van der Waals surface area (Å²) in [5.41, 5.74) is 1.01. The van der Waals surface area contributed by atoms with Gasteiger partial charge in [0, 0.05) is 5.02 Å². The average Bonchev–Trinajstić information content (AvgIpc) is 2.99. The first-order chi connectivity index (χ1) is 14.2. The number of H-pyrrole nitrogens is 1. The molecule has 1 aromatic heterocycles. The predicted octanol–water partition coefficient (Wildman–Crippen LogP) is 4.62. The molecule has 3 aromatic carbocycles. The van der Waals surface area contributed by atoms with Gasteiger partial charge in [-0.05, 0) is 35.9 Å². The highest BCUT2D eigenvalue weighted by atomic mass is 35.5. The SMILES string of the molecule is O=c1[nH]n(Cc2ccccc2)c2cc(Cl)c(NS(=O)(=O)c3cc(Cl)ccc3F)cc12. The summed E-state index contributed by atoms with van der Waals surface area (Å²) in [6, 6.07) is 15.5. The molecule has 4 aromatic rings. The summed E-state index contributed by atoms with van der Waals surface area (Å²) in [5, 5.41) is 3.06. The second-order valence-electron chi connectivity index (χ2n) is 6.54. The third kappa shape index (κ3) is 3.94. The van der Waals surface area contributed by atoms with Crippen LogP contribution < -0.4 is 10.3 Å². The molecular formula is C20H14Cl2FN3O3S. The minimum absolute atomic E-state index is 0.0495. The number of nitrogens with one attached hydrogen (secondary N) is 2. The van der Waals surface area contributed by atoms with E-state index in [1.165, 1.54) is 18.2 Å². The van der Waals surface area contributed by atoms with Gasteiger partial charge in [0.15, 0.2) is 0 Å². The molecule has 30 heavy (non-hydrogen) atoms. The summed E-state index contributed by atoms with van der Waals surface area (Å²) in [6.45, 7) is 0.398. The van der Waals surface area contributed by atoms with E-state index in [0.29, 0.717) is 12.1 Å². The van der Waals surface area contributed by atoms with Crippen LogP contribution in [0.4, 0.5) is 10.1 Å². The molecule has 154 valence electrons. The van der Waals surface area contributed by atoms with Crippen LogP contribution in [0.2, 0.25) is 10.0 Å². The molecule has 4 rings (SSSR count). The van der Waals surface area contributed by atoms with Crippen LogP contribution in [-0.2, 0) is 16.6 Å². The number of aromatic nitrogens is 2. The summed E-state index contributed by atoms with van der Waals surface area (Å²) in [6.07, 6.45) is 0. The second kappa shape index (κ2) is 7.79. The maximum absolute atomic E-state index is 14.0. The highest BCUT2D eigenvalue weighted by Gasteiger charge is 2.22. The van der Waals surface area contributed by atoms with Crippen molar-refractivity contribution < 1.29 is 12.8 Å². The van der Waals surface area contributed by atoms with E-state index in [-0.39, 0.29) is 21.1 Å². The van der Waals surface area contributed by atoms with E-state index in [2.05, 4.69) is 9.82 Å². The lowest BCUT2D eigenvalue weighted by molar-refractivity contribution is 0.570. The monoisotopic (exact) mass is 465 g/mol. The topological polar surface area (TPSA) is 84.0 Å². The molecular weight excluding hydrogens is 452 g/mol. The third-order valence-electron chi connectivity index (χ3n) is 4.47. The molecule has 0 atom stereocenters. The van der Waals surface area contributed by atoms with E-state index in [1.54, 1.807) is 4.68 Å². The fourth-order valence-electron chi connectivity index (χ4n) is 3.06. The average molecular weight is 466 g/mol. The van der Waals surface area contributed by atoms with Crippen molar-refractivity contribution >= 4 is 49.8 Å². The Kier molecular flexibility index (Phi) is 5.31. The molecule has 0 saturated carbocycles. The molecule has 1 heterocycles. The normalized spacial score (nSPS) is 11.7. The Labute approximate surface area is 180 Å². The van der Waals surface area contributed by atoms with Crippen LogP contribution in [-0.4, -0.2) is 18.2 Å². The number of hydrogen-bond acceptors (Lipinski definition) is 3. The first-order valence-electron chi connectivity index (χ1n) is 8.68. The van der Waals surface area contributed by atoms with E-state index in [4.69, 9.17) is 23.2 Å². The first-order valence-corrected chi connectivity index (χ1v) is 10.9. The van der Waals surface area contributed by atoms with Gasteiger partial charge in [-0.3, -0.25) is 19.3 Å². The number of rotatable bonds is 5. The lowest BCUT2D eigenvalue weighted by Gasteiger charge is -2.11. The Bertz CT molecular complexity index is 1420. The van der Waals surface area contributed by atoms with Crippen molar-refractivity contribution in [3.05, 3.63) is 92.4 Å². The van der Waals surface area contributed by atoms with Gasteiger partial charge in [0.2, 0.25) is 0 Å². The third-order valence-corrected chi connectivity index (χ3v) is 6.40. The van der Waals surface area contributed by atoms with Gasteiger partial charge < -0.3 is 0 Å². The lowest BCUT2D eigenvalue weighted by atomic mass is 10.2. The molecule has 0 fully saturated rings. The maximum Gasteiger partial charge on any atom is 0.272 e. The molecule has 0 aliphatic heterocycles. The minimum atomic E-state index is -4.33. The summed E-state index contributed by atoms with van der Waals surface area (Å²) in [7, 11) is -4.33. The maximum atomic E-state index is 14.0. The van der Waals surface area contributed by atoms with Crippen molar-refractivity contribution in [3.63, 3.8) is 0 Å². The predicted molar refractivity (Wildman–Crippen MR) is 115 cm³/mol. The van der Waals surface area contributed by atoms with Crippen molar-refractivity contribution in [1.82, 2.24) is 9.78 Å². The van der Waals surface area contributed by atoms with Gasteiger partial charge in [-0.15, -0.1) is 0 Å². The van der Waals surface area contributed by atoms with E-state index in [0.717, 1.165) is 17.7 Å². The molecule has 0 aliphatic carbocycles. The molecule has 0 spiro atoms. The number of hydrogen-bond donors (Lipinski definition) is 2. The van der Waals surface area contributed by atoms with Gasteiger partial charge in [0.25, 0.3) is 15.6 Å². The Balaban J connectivity index is 1.74. The Morgan fingerprint density at radius 3 is 2.50 bits per heavy atom. The Morgan fingerprint density at radius 2 is 1.77 bits per heavy atom. The number of sulfonamides is 1. The van der Waals surface area contributed by atoms with Gasteiger partial charge >= 0.3 is 0 Å². The van der Waals surface area contributed by atoms with Crippen LogP contribution in [0, 0.1) is 5.82 Å². The number of fused-ring (bicyclic) bond motifs is 1. The lowest BCUT2D eigenvalue weighted by Crippen LogP contribution is -2.15. The summed E-state index contributed by atoms with van der Waals surface area (Å²) in [4.78, 5) is 11.8. The van der Waals surface area contributed by atoms with Gasteiger partial charge in [-0.1, -0.05) is 53.5 Å². The Morgan fingerprint density at radius 1 is 1.03 bits per heavy atom. The van der Waals surface area contributed by atoms with Gasteiger partial charge in [-0.2, -0.15) is 0 Å². The van der Waals surface area contributed by atoms with Crippen molar-refractivity contribution in [2.24, 2.45) is 0 Å². The van der Waals surface area contributed by atoms with E-state index in [1.807, 2.05) is 30.3 Å². The molecule has 6 nitrogen and oxygen atoms in total. The molecule has 0 bridgehead atoms. The highest BCUT2D eigenvalue weighted by molar-refractivity contribution is 7.92. The summed E-state index contributed by atoms with van der Waals surface area (Å²) in [5.74, 6) is -0.962. The van der Waals surface area contributed by atoms with Gasteiger partial charge in [0.1, 0.15) is 10.7 Å². The molecule has 0 saturated heterocycles. The molecule has 2 N–H and O–H groups in total. The molecule has 10 heteroatoms. The molecule has 0 aliphatic rings. The molecule has 0 unspecified atom stereocenters. The van der Waals surface area contributed by atoms with Crippen LogP contribution in [0.5, 0.6) is 0 Å².